The SMILES string of the molecule is COc1ccc(C(OCCCCC(=O)OCc2cc(OC)c(OCCCC(=O)O)cc2[N+](=O)[O-])(c2ccccc2)c2ccc(OC)cc2)cc1. The molecule has 0 aliphatic rings. The molecular formula is C38H41NO11. The Kier molecular flexibility index (Phi) is 13.6. The Bertz CT molecular complexity index is 1660. The molecule has 0 aromatic heterocycles. The zero-order chi connectivity index (χ0) is 35.9. The molecule has 0 heterocycles. The number of carbonyl (C=O) groups excluding carboxylic acids is 1. The molecule has 4 aromatic rings. The van der Waals surface area contributed by atoms with Gasteiger partial charge in [0.2, 0.25) is 0 Å². The summed E-state index contributed by atoms with van der Waals surface area (Å²) in [7, 11) is 4.60. The van der Waals surface area contributed by atoms with Crippen LogP contribution in [0.4, 0.5) is 5.69 Å². The Morgan fingerprint density at radius 2 is 1.32 bits per heavy atom. The molecule has 12 heteroatoms. The van der Waals surface area contributed by atoms with Gasteiger partial charge >= 0.3 is 11.9 Å². The first-order valence-corrected chi connectivity index (χ1v) is 16.1. The Labute approximate surface area is 290 Å². The molecule has 1 N–H and O–H groups in total. The normalized spacial score (nSPS) is 11.0. The lowest BCUT2D eigenvalue weighted by molar-refractivity contribution is -0.385. The zero-order valence-corrected chi connectivity index (χ0v) is 28.3. The van der Waals surface area contributed by atoms with Crippen molar-refractivity contribution >= 4 is 17.6 Å². The first-order valence-electron chi connectivity index (χ1n) is 16.1. The van der Waals surface area contributed by atoms with E-state index in [0.717, 1.165) is 16.7 Å². The van der Waals surface area contributed by atoms with E-state index in [2.05, 4.69) is 0 Å². The van der Waals surface area contributed by atoms with Crippen LogP contribution < -0.4 is 18.9 Å². The highest BCUT2D eigenvalue weighted by Crippen LogP contribution is 2.42. The number of nitro groups is 1. The minimum atomic E-state index is -0.982. The van der Waals surface area contributed by atoms with Gasteiger partial charge in [0.25, 0.3) is 5.69 Å². The smallest absolute Gasteiger partial charge is 0.306 e. The van der Waals surface area contributed by atoms with E-state index in [-0.39, 0.29) is 55.2 Å². The number of hydrogen-bond acceptors (Lipinski definition) is 10. The van der Waals surface area contributed by atoms with Gasteiger partial charge in [-0.25, -0.2) is 0 Å². The van der Waals surface area contributed by atoms with Crippen molar-refractivity contribution in [2.75, 3.05) is 34.5 Å². The molecule has 0 saturated carbocycles. The second-order valence-corrected chi connectivity index (χ2v) is 11.2. The van der Waals surface area contributed by atoms with Crippen molar-refractivity contribution in [3.05, 3.63) is 123 Å². The molecule has 12 nitrogen and oxygen atoms in total. The number of ether oxygens (including phenoxy) is 6. The number of nitrogens with zero attached hydrogens (tertiary/aromatic N) is 1. The molecule has 4 rings (SSSR count). The Hall–Kier alpha value is -5.62. The summed E-state index contributed by atoms with van der Waals surface area (Å²) in [6.45, 7) is -0.00525. The van der Waals surface area contributed by atoms with Gasteiger partial charge in [-0.2, -0.15) is 0 Å². The maximum atomic E-state index is 12.7. The van der Waals surface area contributed by atoms with Crippen molar-refractivity contribution < 1.29 is 48.0 Å². The van der Waals surface area contributed by atoms with Gasteiger partial charge in [-0.3, -0.25) is 19.7 Å². The highest BCUT2D eigenvalue weighted by atomic mass is 16.6. The van der Waals surface area contributed by atoms with Crippen LogP contribution in [-0.4, -0.2) is 56.5 Å². The third-order valence-corrected chi connectivity index (χ3v) is 8.01. The highest BCUT2D eigenvalue weighted by Gasteiger charge is 2.37. The number of hydrogen-bond donors (Lipinski definition) is 1. The summed E-state index contributed by atoms with van der Waals surface area (Å²) in [5.41, 5.74) is 1.54. The number of esters is 1. The van der Waals surface area contributed by atoms with Crippen LogP contribution in [0.5, 0.6) is 23.0 Å². The molecule has 0 aliphatic heterocycles. The Morgan fingerprint density at radius 1 is 0.720 bits per heavy atom. The molecule has 0 amide bonds. The zero-order valence-electron chi connectivity index (χ0n) is 28.3. The van der Waals surface area contributed by atoms with Gasteiger partial charge in [0, 0.05) is 19.4 Å². The fourth-order valence-corrected chi connectivity index (χ4v) is 5.46. The van der Waals surface area contributed by atoms with E-state index in [1.807, 2.05) is 78.9 Å². The highest BCUT2D eigenvalue weighted by molar-refractivity contribution is 5.69. The lowest BCUT2D eigenvalue weighted by Crippen LogP contribution is -2.33. The summed E-state index contributed by atoms with van der Waals surface area (Å²) < 4.78 is 33.9. The van der Waals surface area contributed by atoms with Crippen molar-refractivity contribution in [2.45, 2.75) is 44.3 Å². The van der Waals surface area contributed by atoms with E-state index in [0.29, 0.717) is 30.9 Å². The summed E-state index contributed by atoms with van der Waals surface area (Å²) in [5, 5.41) is 20.6. The third-order valence-electron chi connectivity index (χ3n) is 8.01. The van der Waals surface area contributed by atoms with Gasteiger partial charge in [-0.05, 0) is 66.3 Å². The molecule has 0 atom stereocenters. The van der Waals surface area contributed by atoms with Crippen LogP contribution in [0.3, 0.4) is 0 Å². The summed E-state index contributed by atoms with van der Waals surface area (Å²) >= 11 is 0. The van der Waals surface area contributed by atoms with Gasteiger partial charge in [-0.15, -0.1) is 0 Å². The van der Waals surface area contributed by atoms with Gasteiger partial charge in [0.1, 0.15) is 23.7 Å². The molecular weight excluding hydrogens is 646 g/mol. The lowest BCUT2D eigenvalue weighted by Gasteiger charge is -2.36. The second kappa shape index (κ2) is 18.2. The number of methoxy groups -OCH3 is 3. The molecule has 0 spiro atoms. The first kappa shape index (κ1) is 37.2. The van der Waals surface area contributed by atoms with Gasteiger partial charge < -0.3 is 33.5 Å². The number of carboxylic acids is 1. The second-order valence-electron chi connectivity index (χ2n) is 11.2. The largest absolute Gasteiger partial charge is 0.497 e. The van der Waals surface area contributed by atoms with E-state index in [9.17, 15) is 19.7 Å². The van der Waals surface area contributed by atoms with Crippen molar-refractivity contribution in [1.29, 1.82) is 0 Å². The molecule has 0 radical (unpaired) electrons. The molecule has 0 bridgehead atoms. The monoisotopic (exact) mass is 687 g/mol. The molecule has 0 saturated heterocycles. The van der Waals surface area contributed by atoms with E-state index in [1.54, 1.807) is 14.2 Å². The van der Waals surface area contributed by atoms with Gasteiger partial charge in [0.05, 0.1) is 44.5 Å². The van der Waals surface area contributed by atoms with Crippen LogP contribution in [0, 0.1) is 10.1 Å². The van der Waals surface area contributed by atoms with Gasteiger partial charge in [-0.1, -0.05) is 54.6 Å². The van der Waals surface area contributed by atoms with Crippen molar-refractivity contribution in [3.63, 3.8) is 0 Å². The van der Waals surface area contributed by atoms with E-state index in [4.69, 9.17) is 33.5 Å². The predicted molar refractivity (Wildman–Crippen MR) is 184 cm³/mol. The van der Waals surface area contributed by atoms with Crippen molar-refractivity contribution in [3.8, 4) is 23.0 Å². The number of benzene rings is 4. The maximum Gasteiger partial charge on any atom is 0.306 e. The van der Waals surface area contributed by atoms with Crippen molar-refractivity contribution in [1.82, 2.24) is 0 Å². The average Bonchev–Trinajstić information content (AvgIpc) is 3.14. The maximum absolute atomic E-state index is 12.7. The standard InChI is InChI=1S/C38H41NO11/c1-45-31-18-14-29(15-19-31)38(28-10-5-4-6-11-28,30-16-20-32(46-2)21-17-30)50-23-8-7-13-37(42)49-26-27-24-34(47-3)35(25-33(27)39(43)44)48-22-9-12-36(40)41/h4-6,10-11,14-21,24-25H,7-9,12-13,22-23,26H2,1-3H3,(H,40,41). The molecule has 50 heavy (non-hydrogen) atoms. The van der Waals surface area contributed by atoms with Crippen molar-refractivity contribution in [2.24, 2.45) is 0 Å². The Balaban J connectivity index is 1.43. The lowest BCUT2D eigenvalue weighted by atomic mass is 9.80. The molecule has 0 unspecified atom stereocenters. The third kappa shape index (κ3) is 9.50. The summed E-state index contributed by atoms with van der Waals surface area (Å²) in [6.07, 6.45) is 1.15. The van der Waals surface area contributed by atoms with E-state index in [1.165, 1.54) is 19.2 Å². The number of nitro benzene ring substituents is 1. The van der Waals surface area contributed by atoms with Crippen LogP contribution >= 0.6 is 0 Å². The minimum absolute atomic E-state index is 0.0323. The van der Waals surface area contributed by atoms with Crippen LogP contribution in [0.15, 0.2) is 91.0 Å². The number of carbonyl (C=O) groups is 2. The fraction of sp³-hybridized carbons (Fsp3) is 0.316. The number of rotatable bonds is 20. The summed E-state index contributed by atoms with van der Waals surface area (Å²) in [4.78, 5) is 34.7. The van der Waals surface area contributed by atoms with Crippen LogP contribution in [0.25, 0.3) is 0 Å². The minimum Gasteiger partial charge on any atom is -0.497 e. The predicted octanol–water partition coefficient (Wildman–Crippen LogP) is 7.09. The number of carboxylic acid groups (broad SMARTS) is 1. The van der Waals surface area contributed by atoms with Crippen LogP contribution in [0.1, 0.15) is 54.4 Å². The average molecular weight is 688 g/mol. The summed E-state index contributed by atoms with van der Waals surface area (Å²) in [5.74, 6) is 0.223. The first-order chi connectivity index (χ1) is 24.2. The van der Waals surface area contributed by atoms with Gasteiger partial charge in [0.15, 0.2) is 11.5 Å². The van der Waals surface area contributed by atoms with E-state index < -0.39 is 22.5 Å². The van der Waals surface area contributed by atoms with Crippen LogP contribution in [0.2, 0.25) is 0 Å². The molecule has 0 fully saturated rings. The van der Waals surface area contributed by atoms with E-state index >= 15 is 0 Å². The Morgan fingerprint density at radius 3 is 1.86 bits per heavy atom. The molecule has 0 aliphatic carbocycles. The quantitative estimate of drug-likeness (QED) is 0.0333. The topological polar surface area (TPSA) is 153 Å². The van der Waals surface area contributed by atoms with Crippen LogP contribution in [-0.2, 0) is 31.3 Å². The fourth-order valence-electron chi connectivity index (χ4n) is 5.46. The number of aliphatic carboxylic acids is 1. The molecule has 264 valence electrons. The number of unbranched alkanes of at least 4 members (excludes halogenated alkanes) is 1. The summed E-state index contributed by atoms with van der Waals surface area (Å²) in [6, 6.07) is 27.9. The molecule has 4 aromatic carbocycles.